The van der Waals surface area contributed by atoms with Crippen molar-refractivity contribution in [3.63, 3.8) is 0 Å². The lowest BCUT2D eigenvalue weighted by Crippen LogP contribution is -2.36. The SMILES string of the molecule is COc1cc(/C=C2\SC(=O)N(CC(=O)Nc3ccc(C)cc3)C2=O)cc(Cl)c1OC. The number of imide groups is 1. The minimum Gasteiger partial charge on any atom is -0.493 e. The van der Waals surface area contributed by atoms with E-state index in [1.165, 1.54) is 20.3 Å². The Labute approximate surface area is 183 Å². The van der Waals surface area contributed by atoms with Crippen molar-refractivity contribution in [1.29, 1.82) is 0 Å². The summed E-state index contributed by atoms with van der Waals surface area (Å²) >= 11 is 6.95. The lowest BCUT2D eigenvalue weighted by atomic mass is 10.2. The van der Waals surface area contributed by atoms with Crippen molar-refractivity contribution < 1.29 is 23.9 Å². The summed E-state index contributed by atoms with van der Waals surface area (Å²) in [5, 5.41) is 2.46. The summed E-state index contributed by atoms with van der Waals surface area (Å²) < 4.78 is 10.4. The molecule has 0 aromatic heterocycles. The Morgan fingerprint density at radius 1 is 1.17 bits per heavy atom. The third kappa shape index (κ3) is 4.77. The van der Waals surface area contributed by atoms with Crippen LogP contribution in [0.15, 0.2) is 41.3 Å². The number of hydrogen-bond donors (Lipinski definition) is 1. The number of methoxy groups -OCH3 is 2. The van der Waals surface area contributed by atoms with Crippen molar-refractivity contribution >= 4 is 52.2 Å². The average molecular weight is 447 g/mol. The van der Waals surface area contributed by atoms with Gasteiger partial charge >= 0.3 is 0 Å². The van der Waals surface area contributed by atoms with E-state index in [0.717, 1.165) is 22.2 Å². The molecule has 0 unspecified atom stereocenters. The molecule has 7 nitrogen and oxygen atoms in total. The van der Waals surface area contributed by atoms with Crippen molar-refractivity contribution in [2.75, 3.05) is 26.1 Å². The molecule has 0 aliphatic carbocycles. The number of thioether (sulfide) groups is 1. The topological polar surface area (TPSA) is 84.9 Å². The predicted molar refractivity (Wildman–Crippen MR) is 117 cm³/mol. The summed E-state index contributed by atoms with van der Waals surface area (Å²) in [6.07, 6.45) is 1.52. The Morgan fingerprint density at radius 2 is 1.87 bits per heavy atom. The molecule has 156 valence electrons. The lowest BCUT2D eigenvalue weighted by molar-refractivity contribution is -0.127. The second-order valence-corrected chi connectivity index (χ2v) is 7.82. The number of anilines is 1. The smallest absolute Gasteiger partial charge is 0.294 e. The second-order valence-electron chi connectivity index (χ2n) is 6.42. The largest absolute Gasteiger partial charge is 0.493 e. The highest BCUT2D eigenvalue weighted by molar-refractivity contribution is 8.18. The van der Waals surface area contributed by atoms with Gasteiger partial charge < -0.3 is 14.8 Å². The van der Waals surface area contributed by atoms with Gasteiger partial charge in [0.2, 0.25) is 5.91 Å². The molecule has 0 atom stereocenters. The van der Waals surface area contributed by atoms with Crippen molar-refractivity contribution in [2.24, 2.45) is 0 Å². The minimum absolute atomic E-state index is 0.187. The van der Waals surface area contributed by atoms with Crippen molar-refractivity contribution in [3.8, 4) is 11.5 Å². The zero-order valence-electron chi connectivity index (χ0n) is 16.5. The van der Waals surface area contributed by atoms with Crippen LogP contribution in [0.2, 0.25) is 5.02 Å². The Bertz CT molecular complexity index is 1040. The van der Waals surface area contributed by atoms with Crippen molar-refractivity contribution in [1.82, 2.24) is 4.90 Å². The molecule has 3 rings (SSSR count). The fourth-order valence-corrected chi connectivity index (χ4v) is 3.92. The van der Waals surface area contributed by atoms with Crippen molar-refractivity contribution in [3.05, 3.63) is 57.5 Å². The van der Waals surface area contributed by atoms with Gasteiger partial charge in [0, 0.05) is 5.69 Å². The lowest BCUT2D eigenvalue weighted by Gasteiger charge is -2.12. The number of nitrogens with zero attached hydrogens (tertiary/aromatic N) is 1. The van der Waals surface area contributed by atoms with Crippen LogP contribution in [0, 0.1) is 6.92 Å². The molecule has 1 heterocycles. The number of amides is 3. The number of rotatable bonds is 6. The molecule has 0 saturated carbocycles. The molecular weight excluding hydrogens is 428 g/mol. The molecule has 3 amide bonds. The van der Waals surface area contributed by atoms with Crippen LogP contribution in [0.4, 0.5) is 10.5 Å². The van der Waals surface area contributed by atoms with Gasteiger partial charge in [0.1, 0.15) is 6.54 Å². The molecule has 9 heteroatoms. The summed E-state index contributed by atoms with van der Waals surface area (Å²) in [5.74, 6) is -0.239. The van der Waals surface area contributed by atoms with Gasteiger partial charge in [0.05, 0.1) is 24.1 Å². The van der Waals surface area contributed by atoms with Gasteiger partial charge in [-0.1, -0.05) is 29.3 Å². The maximum Gasteiger partial charge on any atom is 0.294 e. The number of ether oxygens (including phenoxy) is 2. The molecule has 1 saturated heterocycles. The molecule has 1 fully saturated rings. The zero-order chi connectivity index (χ0) is 21.8. The van der Waals surface area contributed by atoms with Crippen LogP contribution in [0.25, 0.3) is 6.08 Å². The summed E-state index contributed by atoms with van der Waals surface area (Å²) in [6, 6.07) is 10.5. The zero-order valence-corrected chi connectivity index (χ0v) is 18.1. The van der Waals surface area contributed by atoms with Crippen LogP contribution in [0.3, 0.4) is 0 Å². The molecule has 30 heavy (non-hydrogen) atoms. The summed E-state index contributed by atoms with van der Waals surface area (Å²) in [5.41, 5.74) is 2.21. The van der Waals surface area contributed by atoms with E-state index < -0.39 is 17.1 Å². The highest BCUT2D eigenvalue weighted by Crippen LogP contribution is 2.38. The van der Waals surface area contributed by atoms with Gasteiger partial charge in [0.25, 0.3) is 11.1 Å². The number of nitrogens with one attached hydrogen (secondary N) is 1. The van der Waals surface area contributed by atoms with Gasteiger partial charge in [-0.25, -0.2) is 0 Å². The van der Waals surface area contributed by atoms with Crippen molar-refractivity contribution in [2.45, 2.75) is 6.92 Å². The van der Waals surface area contributed by atoms with Crippen LogP contribution >= 0.6 is 23.4 Å². The van der Waals surface area contributed by atoms with Gasteiger partial charge in [0.15, 0.2) is 11.5 Å². The van der Waals surface area contributed by atoms with Crippen LogP contribution in [0.5, 0.6) is 11.5 Å². The monoisotopic (exact) mass is 446 g/mol. The fraction of sp³-hybridized carbons (Fsp3) is 0.190. The van der Waals surface area contributed by atoms with Crippen LogP contribution in [0.1, 0.15) is 11.1 Å². The fourth-order valence-electron chi connectivity index (χ4n) is 2.79. The molecule has 2 aromatic carbocycles. The molecule has 1 N–H and O–H groups in total. The quantitative estimate of drug-likeness (QED) is 0.664. The number of benzene rings is 2. The molecule has 1 aliphatic heterocycles. The van der Waals surface area contributed by atoms with E-state index in [-0.39, 0.29) is 11.4 Å². The molecule has 0 bridgehead atoms. The number of hydrogen-bond acceptors (Lipinski definition) is 6. The van der Waals surface area contributed by atoms with E-state index in [0.29, 0.717) is 27.8 Å². The molecule has 1 aliphatic rings. The summed E-state index contributed by atoms with van der Waals surface area (Å²) in [4.78, 5) is 38.3. The summed E-state index contributed by atoms with van der Waals surface area (Å²) in [6.45, 7) is 1.56. The van der Waals surface area contributed by atoms with Crippen LogP contribution in [-0.4, -0.2) is 42.7 Å². The Hall–Kier alpha value is -2.97. The third-order valence-electron chi connectivity index (χ3n) is 4.26. The molecule has 0 spiro atoms. The van der Waals surface area contributed by atoms with Gasteiger partial charge in [-0.15, -0.1) is 0 Å². The van der Waals surface area contributed by atoms with E-state index in [2.05, 4.69) is 5.32 Å². The molecular formula is C21H19ClN2O5S. The number of halogens is 1. The van der Waals surface area contributed by atoms with Crippen LogP contribution < -0.4 is 14.8 Å². The first-order valence-electron chi connectivity index (χ1n) is 8.85. The third-order valence-corrected chi connectivity index (χ3v) is 5.45. The first-order chi connectivity index (χ1) is 14.3. The number of aryl methyl sites for hydroxylation is 1. The number of carbonyl (C=O) groups excluding carboxylic acids is 3. The normalized spacial score (nSPS) is 14.9. The minimum atomic E-state index is -0.546. The Kier molecular flexibility index (Phi) is 6.69. The maximum atomic E-state index is 12.7. The van der Waals surface area contributed by atoms with Gasteiger partial charge in [-0.05, 0) is 54.6 Å². The molecule has 2 aromatic rings. The average Bonchev–Trinajstić information content (AvgIpc) is 2.96. The first-order valence-corrected chi connectivity index (χ1v) is 10.0. The van der Waals surface area contributed by atoms with Gasteiger partial charge in [-0.2, -0.15) is 0 Å². The van der Waals surface area contributed by atoms with Gasteiger partial charge in [-0.3, -0.25) is 19.3 Å². The molecule has 0 radical (unpaired) electrons. The van der Waals surface area contributed by atoms with E-state index in [9.17, 15) is 14.4 Å². The second kappa shape index (κ2) is 9.23. The van der Waals surface area contributed by atoms with Crippen LogP contribution in [-0.2, 0) is 9.59 Å². The van der Waals surface area contributed by atoms with E-state index in [1.807, 2.05) is 19.1 Å². The highest BCUT2D eigenvalue weighted by atomic mass is 35.5. The highest BCUT2D eigenvalue weighted by Gasteiger charge is 2.36. The summed E-state index contributed by atoms with van der Waals surface area (Å²) in [7, 11) is 2.94. The van der Waals surface area contributed by atoms with E-state index in [4.69, 9.17) is 21.1 Å². The first kappa shape index (κ1) is 21.7. The maximum absolute atomic E-state index is 12.7. The Balaban J connectivity index is 1.75. The predicted octanol–water partition coefficient (Wildman–Crippen LogP) is 4.34. The standard InChI is InChI=1S/C21H19ClN2O5S/c1-12-4-6-14(7-5-12)23-18(25)11-24-20(26)17(30-21(24)27)10-13-8-15(22)19(29-3)16(9-13)28-2/h4-10H,11H2,1-3H3,(H,23,25)/b17-10-. The number of carbonyl (C=O) groups is 3. The van der Waals surface area contributed by atoms with E-state index >= 15 is 0 Å². The van der Waals surface area contributed by atoms with E-state index in [1.54, 1.807) is 24.3 Å². The Morgan fingerprint density at radius 3 is 2.50 bits per heavy atom.